The van der Waals surface area contributed by atoms with Crippen molar-refractivity contribution in [2.75, 3.05) is 10.6 Å². The second kappa shape index (κ2) is 10.8. The SMILES string of the molecule is CC(Sc1ccc(NC(=O)c2ccc([N+](=O)[O-])cc2)cc1)C(=O)Nc1ccc(Cl)cc1C(F)(F)F. The summed E-state index contributed by atoms with van der Waals surface area (Å²) in [6.07, 6.45) is -4.68. The van der Waals surface area contributed by atoms with Gasteiger partial charge in [0, 0.05) is 33.3 Å². The Kier molecular flexibility index (Phi) is 8.03. The largest absolute Gasteiger partial charge is 0.418 e. The van der Waals surface area contributed by atoms with Crippen LogP contribution in [0.4, 0.5) is 30.2 Å². The fourth-order valence-corrected chi connectivity index (χ4v) is 3.95. The molecule has 0 saturated carbocycles. The average molecular weight is 524 g/mol. The van der Waals surface area contributed by atoms with E-state index in [0.717, 1.165) is 23.9 Å². The Balaban J connectivity index is 1.61. The topological polar surface area (TPSA) is 101 Å². The van der Waals surface area contributed by atoms with Crippen molar-refractivity contribution in [2.24, 2.45) is 0 Å². The van der Waals surface area contributed by atoms with Crippen molar-refractivity contribution in [1.29, 1.82) is 0 Å². The number of carbonyl (C=O) groups excluding carboxylic acids is 2. The molecule has 35 heavy (non-hydrogen) atoms. The summed E-state index contributed by atoms with van der Waals surface area (Å²) in [6, 6.07) is 14.7. The summed E-state index contributed by atoms with van der Waals surface area (Å²) < 4.78 is 39.7. The molecule has 3 rings (SSSR count). The number of hydrogen-bond donors (Lipinski definition) is 2. The van der Waals surface area contributed by atoms with Gasteiger partial charge in [0.25, 0.3) is 11.6 Å². The number of nitro groups is 1. The molecule has 0 aliphatic heterocycles. The lowest BCUT2D eigenvalue weighted by molar-refractivity contribution is -0.384. The lowest BCUT2D eigenvalue weighted by Gasteiger charge is -2.17. The number of nitro benzene ring substituents is 1. The number of hydrogen-bond acceptors (Lipinski definition) is 5. The van der Waals surface area contributed by atoms with Crippen molar-refractivity contribution in [3.63, 3.8) is 0 Å². The van der Waals surface area contributed by atoms with Crippen molar-refractivity contribution >= 4 is 52.2 Å². The molecule has 2 amide bonds. The Bertz CT molecular complexity index is 1250. The number of nitrogens with one attached hydrogen (secondary N) is 2. The molecule has 2 N–H and O–H groups in total. The highest BCUT2D eigenvalue weighted by molar-refractivity contribution is 8.00. The van der Waals surface area contributed by atoms with Crippen LogP contribution in [-0.2, 0) is 11.0 Å². The van der Waals surface area contributed by atoms with Crippen LogP contribution in [0.2, 0.25) is 5.02 Å². The molecule has 0 saturated heterocycles. The zero-order valence-electron chi connectivity index (χ0n) is 17.9. The van der Waals surface area contributed by atoms with E-state index >= 15 is 0 Å². The molecule has 0 aromatic heterocycles. The van der Waals surface area contributed by atoms with Crippen LogP contribution in [0.5, 0.6) is 0 Å². The minimum atomic E-state index is -4.68. The third kappa shape index (κ3) is 6.96. The van der Waals surface area contributed by atoms with Gasteiger partial charge >= 0.3 is 6.18 Å². The molecule has 12 heteroatoms. The van der Waals surface area contributed by atoms with Crippen LogP contribution in [0.15, 0.2) is 71.6 Å². The molecule has 1 atom stereocenters. The highest BCUT2D eigenvalue weighted by Gasteiger charge is 2.34. The van der Waals surface area contributed by atoms with Crippen molar-refractivity contribution in [2.45, 2.75) is 23.2 Å². The van der Waals surface area contributed by atoms with Gasteiger partial charge in [0.05, 0.1) is 21.4 Å². The molecule has 182 valence electrons. The summed E-state index contributed by atoms with van der Waals surface area (Å²) in [5.74, 6) is -1.09. The van der Waals surface area contributed by atoms with Gasteiger partial charge < -0.3 is 10.6 Å². The number of carbonyl (C=O) groups is 2. The second-order valence-electron chi connectivity index (χ2n) is 7.22. The van der Waals surface area contributed by atoms with E-state index in [1.165, 1.54) is 30.3 Å². The molecule has 7 nitrogen and oxygen atoms in total. The van der Waals surface area contributed by atoms with E-state index < -0.39 is 33.7 Å². The molecule has 0 spiro atoms. The molecule has 3 aromatic rings. The number of alkyl halides is 3. The molecule has 0 aliphatic rings. The van der Waals surface area contributed by atoms with E-state index in [1.54, 1.807) is 31.2 Å². The van der Waals surface area contributed by atoms with Crippen LogP contribution >= 0.6 is 23.4 Å². The lowest BCUT2D eigenvalue weighted by Crippen LogP contribution is -2.24. The normalized spacial score (nSPS) is 12.0. The van der Waals surface area contributed by atoms with Gasteiger partial charge in [-0.05, 0) is 61.5 Å². The highest BCUT2D eigenvalue weighted by Crippen LogP contribution is 2.37. The summed E-state index contributed by atoms with van der Waals surface area (Å²) in [7, 11) is 0. The average Bonchev–Trinajstić information content (AvgIpc) is 2.80. The van der Waals surface area contributed by atoms with E-state index in [-0.39, 0.29) is 22.0 Å². The number of thioether (sulfide) groups is 1. The summed E-state index contributed by atoms with van der Waals surface area (Å²) in [6.45, 7) is 1.55. The van der Waals surface area contributed by atoms with Crippen molar-refractivity contribution in [3.8, 4) is 0 Å². The van der Waals surface area contributed by atoms with Gasteiger partial charge in [-0.15, -0.1) is 11.8 Å². The maximum Gasteiger partial charge on any atom is 0.418 e. The van der Waals surface area contributed by atoms with E-state index in [2.05, 4.69) is 10.6 Å². The molecule has 0 fully saturated rings. The second-order valence-corrected chi connectivity index (χ2v) is 9.07. The van der Waals surface area contributed by atoms with Gasteiger partial charge in [0.1, 0.15) is 0 Å². The first-order valence-corrected chi connectivity index (χ1v) is 11.2. The van der Waals surface area contributed by atoms with Crippen LogP contribution < -0.4 is 10.6 Å². The smallest absolute Gasteiger partial charge is 0.325 e. The van der Waals surface area contributed by atoms with Gasteiger partial charge in [-0.3, -0.25) is 19.7 Å². The number of halogens is 4. The molecule has 0 aliphatic carbocycles. The Labute approximate surface area is 206 Å². The lowest BCUT2D eigenvalue weighted by atomic mass is 10.1. The quantitative estimate of drug-likeness (QED) is 0.205. The maximum atomic E-state index is 13.2. The number of amides is 2. The van der Waals surface area contributed by atoms with Crippen LogP contribution in [0, 0.1) is 10.1 Å². The fourth-order valence-electron chi connectivity index (χ4n) is 2.91. The number of nitrogens with zero attached hydrogens (tertiary/aromatic N) is 1. The number of anilines is 2. The highest BCUT2D eigenvalue weighted by atomic mass is 35.5. The molecule has 3 aromatic carbocycles. The maximum absolute atomic E-state index is 13.2. The minimum absolute atomic E-state index is 0.0986. The number of benzene rings is 3. The van der Waals surface area contributed by atoms with Crippen molar-refractivity contribution < 1.29 is 27.7 Å². The van der Waals surface area contributed by atoms with Gasteiger partial charge in [-0.25, -0.2) is 0 Å². The van der Waals surface area contributed by atoms with Crippen LogP contribution in [0.1, 0.15) is 22.8 Å². The predicted octanol–water partition coefficient (Wildman–Crippen LogP) is 6.64. The molecular weight excluding hydrogens is 507 g/mol. The number of rotatable bonds is 7. The summed E-state index contributed by atoms with van der Waals surface area (Å²) in [5, 5.41) is 14.8. The fraction of sp³-hybridized carbons (Fsp3) is 0.130. The molecule has 0 bridgehead atoms. The predicted molar refractivity (Wildman–Crippen MR) is 128 cm³/mol. The van der Waals surface area contributed by atoms with Gasteiger partial charge in [0.2, 0.25) is 5.91 Å². The van der Waals surface area contributed by atoms with Gasteiger partial charge in [-0.1, -0.05) is 11.6 Å². The molecule has 1 unspecified atom stereocenters. The number of non-ortho nitro benzene ring substituents is 1. The first-order chi connectivity index (χ1) is 16.4. The monoisotopic (exact) mass is 523 g/mol. The van der Waals surface area contributed by atoms with Gasteiger partial charge in [0.15, 0.2) is 0 Å². The first kappa shape index (κ1) is 26.0. The van der Waals surface area contributed by atoms with Crippen LogP contribution in [0.25, 0.3) is 0 Å². The third-order valence-electron chi connectivity index (χ3n) is 4.68. The summed E-state index contributed by atoms with van der Waals surface area (Å²) >= 11 is 6.78. The summed E-state index contributed by atoms with van der Waals surface area (Å²) in [5.41, 5.74) is -0.871. The van der Waals surface area contributed by atoms with Gasteiger partial charge in [-0.2, -0.15) is 13.2 Å². The Morgan fingerprint density at radius 1 is 1.00 bits per heavy atom. The van der Waals surface area contributed by atoms with E-state index in [9.17, 15) is 32.9 Å². The van der Waals surface area contributed by atoms with E-state index in [1.807, 2.05) is 0 Å². The van der Waals surface area contributed by atoms with E-state index in [0.29, 0.717) is 10.6 Å². The Morgan fingerprint density at radius 3 is 2.20 bits per heavy atom. The third-order valence-corrected chi connectivity index (χ3v) is 6.03. The van der Waals surface area contributed by atoms with Crippen molar-refractivity contribution in [1.82, 2.24) is 0 Å². The Morgan fingerprint density at radius 2 is 1.63 bits per heavy atom. The minimum Gasteiger partial charge on any atom is -0.325 e. The first-order valence-electron chi connectivity index (χ1n) is 9.94. The van der Waals surface area contributed by atoms with Crippen LogP contribution in [0.3, 0.4) is 0 Å². The zero-order valence-corrected chi connectivity index (χ0v) is 19.5. The molecule has 0 heterocycles. The molecular formula is C23H17ClF3N3O4S. The van der Waals surface area contributed by atoms with E-state index in [4.69, 9.17) is 11.6 Å². The standard InChI is InChI=1S/C23H17ClF3N3O4S/c1-13(21(31)29-20-11-4-15(24)12-19(20)23(25,26)27)35-18-9-5-16(6-10-18)28-22(32)14-2-7-17(8-3-14)30(33)34/h2-13H,1H3,(H,28,32)(H,29,31). The Hall–Kier alpha value is -3.57. The zero-order chi connectivity index (χ0) is 25.8. The van der Waals surface area contributed by atoms with Crippen molar-refractivity contribution in [3.05, 3.63) is 93.0 Å². The molecule has 0 radical (unpaired) electrons. The summed E-state index contributed by atoms with van der Waals surface area (Å²) in [4.78, 5) is 35.6. The van der Waals surface area contributed by atoms with Crippen LogP contribution in [-0.4, -0.2) is 22.0 Å².